The van der Waals surface area contributed by atoms with Gasteiger partial charge in [-0.3, -0.25) is 23.9 Å². The van der Waals surface area contributed by atoms with Gasteiger partial charge in [0.15, 0.2) is 21.3 Å². The molecule has 0 saturated heterocycles. The number of hydrogen-bond acceptors (Lipinski definition) is 10. The van der Waals surface area contributed by atoms with Crippen LogP contribution in [0.15, 0.2) is 66.7 Å². The molecule has 2 aliphatic carbocycles. The molecule has 75 heavy (non-hydrogen) atoms. The van der Waals surface area contributed by atoms with Crippen LogP contribution in [0.1, 0.15) is 71.7 Å². The molecule has 0 spiro atoms. The van der Waals surface area contributed by atoms with Gasteiger partial charge in [0.05, 0.1) is 51.0 Å². The number of alkyl halides is 8. The smallest absolute Gasteiger partial charge is 0.435 e. The number of carbonyl (C=O) groups is 2. The van der Waals surface area contributed by atoms with Crippen LogP contribution in [0.25, 0.3) is 22.0 Å². The number of phenolic OH excluding ortho intramolecular Hbond substituents is 1. The highest BCUT2D eigenvalue weighted by Crippen LogP contribution is 2.58. The van der Waals surface area contributed by atoms with E-state index >= 15 is 8.78 Å². The molecule has 6 aromatic rings. The first-order valence-electron chi connectivity index (χ1n) is 22.2. The van der Waals surface area contributed by atoms with E-state index in [-0.39, 0.29) is 61.2 Å². The molecule has 2 amide bonds. The summed E-state index contributed by atoms with van der Waals surface area (Å²) in [5, 5.41) is 18.6. The Morgan fingerprint density at radius 2 is 1.52 bits per heavy atom. The van der Waals surface area contributed by atoms with E-state index < -0.39 is 149 Å². The van der Waals surface area contributed by atoms with E-state index in [9.17, 15) is 66.7 Å². The number of amides is 2. The fraction of sp³-hybridized carbons (Fsp3) is 0.354. The quantitative estimate of drug-likeness (QED) is 0.0702. The number of benzene rings is 3. The Kier molecular flexibility index (Phi) is 13.9. The summed E-state index contributed by atoms with van der Waals surface area (Å²) < 4.78 is 200. The van der Waals surface area contributed by atoms with Crippen LogP contribution in [0.5, 0.6) is 5.75 Å². The summed E-state index contributed by atoms with van der Waals surface area (Å²) in [5.74, 6) is -8.96. The molecule has 3 aromatic heterocycles. The monoisotopic (exact) mass is 1120 g/mol. The van der Waals surface area contributed by atoms with E-state index in [4.69, 9.17) is 16.6 Å². The third-order valence-corrected chi connectivity index (χ3v) is 16.3. The number of sulfonamides is 1. The number of aryl methyl sites for hydroxylation is 1. The summed E-state index contributed by atoms with van der Waals surface area (Å²) >= 11 is 6.70. The van der Waals surface area contributed by atoms with Gasteiger partial charge in [-0.1, -0.05) is 47.7 Å². The average molecular weight is 1120 g/mol. The predicted octanol–water partition coefficient (Wildman–Crippen LogP) is 8.73. The second-order valence-electron chi connectivity index (χ2n) is 18.7. The number of rotatable bonds is 16. The normalized spacial score (nSPS) is 16.7. The van der Waals surface area contributed by atoms with E-state index in [1.807, 2.05) is 0 Å². The number of halogens is 11. The Bertz CT molecular complexity index is 3590. The van der Waals surface area contributed by atoms with Crippen molar-refractivity contribution < 1.29 is 75.4 Å². The molecule has 0 fully saturated rings. The first-order valence-corrected chi connectivity index (χ1v) is 26.3. The topological polar surface area (TPSA) is 186 Å². The second-order valence-corrected chi connectivity index (χ2v) is 23.6. The number of aromatic nitrogens is 5. The number of hydrogen-bond donors (Lipinski definition) is 2. The van der Waals surface area contributed by atoms with E-state index in [2.05, 4.69) is 27.4 Å². The van der Waals surface area contributed by atoms with Crippen LogP contribution >= 0.6 is 11.6 Å². The number of phenols is 1. The van der Waals surface area contributed by atoms with Crippen molar-refractivity contribution in [3.8, 4) is 28.7 Å². The van der Waals surface area contributed by atoms with Gasteiger partial charge >= 0.3 is 18.3 Å². The number of nitrogens with one attached hydrogen (secondary N) is 1. The van der Waals surface area contributed by atoms with Gasteiger partial charge < -0.3 is 10.4 Å². The van der Waals surface area contributed by atoms with Crippen molar-refractivity contribution in [3.63, 3.8) is 0 Å². The fourth-order valence-corrected chi connectivity index (χ4v) is 10.5. The fourth-order valence-electron chi connectivity index (χ4n) is 8.93. The van der Waals surface area contributed by atoms with Crippen molar-refractivity contribution in [1.29, 1.82) is 0 Å². The molecule has 398 valence electrons. The SMILES string of the molecule is CC(C)(CCc1ccc(-c2ccc(Cl)c3c(N(C(=O)Cc4ccc(O)cc4)S(C)(=O)=O)nn(CC(F)(F)F)c23)c([C@H](Cc2cc(F)cc(F)c2)NC(=O)Cn2nc(C(F)(F)F)c3c2C(F)(F)[C@@H]2C#C[C@H]32)n1)S(C)(=O)=O. The van der Waals surface area contributed by atoms with E-state index in [1.54, 1.807) is 0 Å². The molecule has 0 saturated carbocycles. The van der Waals surface area contributed by atoms with Crippen molar-refractivity contribution in [2.24, 2.45) is 5.92 Å². The Labute approximate surface area is 425 Å². The summed E-state index contributed by atoms with van der Waals surface area (Å²) in [5.41, 5.74) is -5.46. The summed E-state index contributed by atoms with van der Waals surface area (Å²) in [6.07, 6.45) is -10.5. The summed E-state index contributed by atoms with van der Waals surface area (Å²) in [4.78, 5) is 33.0. The van der Waals surface area contributed by atoms with Gasteiger partial charge in [0.25, 0.3) is 0 Å². The largest absolute Gasteiger partial charge is 0.508 e. The Hall–Kier alpha value is -6.72. The molecule has 3 aromatic carbocycles. The molecule has 0 aliphatic heterocycles. The first kappa shape index (κ1) is 54.5. The standard InChI is InChI=1S/C48H40ClF10N7O7S2/c1-45(2,74(3,70)71)16-15-28-7-10-30(31-12-14-34(49)39-41(31)65(23-46(52,53)54)63-44(39)66(75(4,72)73)37(69)20-24-5-8-29(67)9-6-24)40(60-28)35(19-25-17-26(50)21-27(51)18-25)61-36(68)22-64-43-38(42(62-64)48(57,58)59)32-11-13-33(32)47(43,55)56/h5-10,12,14,17-18,21,32-33,35,67H,15-16,19-20,22-23H2,1-4H3,(H,61,68)/t32-,33+,35-/m0/s1. The maximum atomic E-state index is 15.8. The summed E-state index contributed by atoms with van der Waals surface area (Å²) in [6, 6.07) is 10.1. The minimum Gasteiger partial charge on any atom is -0.508 e. The van der Waals surface area contributed by atoms with E-state index in [1.165, 1.54) is 50.2 Å². The lowest BCUT2D eigenvalue weighted by Crippen LogP contribution is -2.38. The van der Waals surface area contributed by atoms with Gasteiger partial charge in [-0.15, -0.1) is 0 Å². The van der Waals surface area contributed by atoms with Crippen LogP contribution in [-0.4, -0.2) is 81.7 Å². The molecule has 3 atom stereocenters. The minimum atomic E-state index is -5.29. The van der Waals surface area contributed by atoms with Crippen LogP contribution in [-0.2, 0) is 73.9 Å². The van der Waals surface area contributed by atoms with E-state index in [0.717, 1.165) is 30.5 Å². The van der Waals surface area contributed by atoms with Gasteiger partial charge in [0.2, 0.25) is 21.8 Å². The lowest BCUT2D eigenvalue weighted by atomic mass is 9.84. The number of nitrogens with zero attached hydrogens (tertiary/aromatic N) is 6. The van der Waals surface area contributed by atoms with Gasteiger partial charge in [-0.25, -0.2) is 25.6 Å². The maximum absolute atomic E-state index is 15.8. The van der Waals surface area contributed by atoms with E-state index in [0.29, 0.717) is 17.0 Å². The zero-order valence-corrected chi connectivity index (χ0v) is 41.8. The van der Waals surface area contributed by atoms with Crippen LogP contribution in [0.4, 0.5) is 49.7 Å². The Balaban J connectivity index is 1.34. The zero-order valence-electron chi connectivity index (χ0n) is 39.4. The number of anilines is 1. The van der Waals surface area contributed by atoms with Gasteiger partial charge in [0, 0.05) is 34.7 Å². The van der Waals surface area contributed by atoms with Crippen LogP contribution in [0.2, 0.25) is 5.02 Å². The van der Waals surface area contributed by atoms with Gasteiger partial charge in [0.1, 0.15) is 42.1 Å². The van der Waals surface area contributed by atoms with Crippen LogP contribution in [0, 0.1) is 29.4 Å². The lowest BCUT2D eigenvalue weighted by Gasteiger charge is -2.25. The van der Waals surface area contributed by atoms with Crippen molar-refractivity contribution in [3.05, 3.63) is 123 Å². The molecular formula is C48H40ClF10N7O7S2. The highest BCUT2D eigenvalue weighted by atomic mass is 35.5. The molecule has 2 aliphatic rings. The molecule has 0 radical (unpaired) electrons. The Morgan fingerprint density at radius 1 is 0.880 bits per heavy atom. The predicted molar refractivity (Wildman–Crippen MR) is 251 cm³/mol. The number of carbonyl (C=O) groups excluding carboxylic acids is 2. The van der Waals surface area contributed by atoms with Crippen molar-refractivity contribution >= 4 is 60.0 Å². The molecule has 0 unspecified atom stereocenters. The average Bonchev–Trinajstić information content (AvgIpc) is 3.84. The number of fused-ring (bicyclic) bond motifs is 4. The van der Waals surface area contributed by atoms with Crippen LogP contribution < -0.4 is 9.62 Å². The summed E-state index contributed by atoms with van der Waals surface area (Å²) in [6.45, 7) is -0.479. The molecule has 8 rings (SSSR count). The highest BCUT2D eigenvalue weighted by Gasteiger charge is 2.62. The third kappa shape index (κ3) is 10.9. The lowest BCUT2D eigenvalue weighted by molar-refractivity contribution is -0.143. The molecule has 3 heterocycles. The maximum Gasteiger partial charge on any atom is 0.435 e. The van der Waals surface area contributed by atoms with Crippen molar-refractivity contribution in [2.75, 3.05) is 16.8 Å². The van der Waals surface area contributed by atoms with Crippen LogP contribution in [0.3, 0.4) is 0 Å². The molecular weight excluding hydrogens is 1080 g/mol. The van der Waals surface area contributed by atoms with Crippen molar-refractivity contribution in [2.45, 2.75) is 87.6 Å². The minimum absolute atomic E-state index is 0.0442. The molecule has 2 N–H and O–H groups in total. The zero-order chi connectivity index (χ0) is 55.1. The molecule has 27 heteroatoms. The number of pyridine rings is 1. The van der Waals surface area contributed by atoms with Crippen molar-refractivity contribution in [1.82, 2.24) is 29.9 Å². The third-order valence-electron chi connectivity index (χ3n) is 12.8. The highest BCUT2D eigenvalue weighted by molar-refractivity contribution is 7.93. The van der Waals surface area contributed by atoms with Gasteiger partial charge in [-0.05, 0) is 80.6 Å². The number of aromatic hydroxyl groups is 1. The first-order chi connectivity index (χ1) is 34.6. The molecule has 0 bridgehead atoms. The Morgan fingerprint density at radius 3 is 2.09 bits per heavy atom. The van der Waals surface area contributed by atoms with Gasteiger partial charge in [-0.2, -0.15) is 49.6 Å². The second kappa shape index (κ2) is 19.1. The molecule has 14 nitrogen and oxygen atoms in total. The number of sulfone groups is 1. The summed E-state index contributed by atoms with van der Waals surface area (Å²) in [7, 11) is -8.54.